The minimum Gasteiger partial charge on any atom is -0.298 e. The van der Waals surface area contributed by atoms with Crippen LogP contribution in [0.3, 0.4) is 0 Å². The van der Waals surface area contributed by atoms with E-state index in [9.17, 15) is 0 Å². The number of hydrogen-bond donors (Lipinski definition) is 1. The molecule has 1 rings (SSSR count). The molecule has 2 N–H and O–H groups in total. The Bertz CT molecular complexity index is 244. The van der Waals surface area contributed by atoms with Crippen molar-refractivity contribution in [3.63, 3.8) is 0 Å². The van der Waals surface area contributed by atoms with E-state index in [1.54, 1.807) is 0 Å². The molecule has 1 heterocycles. The molecule has 0 aliphatic heterocycles. The highest BCUT2D eigenvalue weighted by Crippen LogP contribution is 2.05. The summed E-state index contributed by atoms with van der Waals surface area (Å²) >= 11 is 0. The van der Waals surface area contributed by atoms with Crippen molar-refractivity contribution in [3.05, 3.63) is 17.5 Å². The molecule has 4 heteroatoms. The maximum absolute atomic E-state index is 4.99. The van der Waals surface area contributed by atoms with Crippen molar-refractivity contribution in [2.75, 3.05) is 0 Å². The Morgan fingerprint density at radius 2 is 2.33 bits per heavy atom. The van der Waals surface area contributed by atoms with E-state index in [4.69, 9.17) is 5.90 Å². The molecule has 4 nitrogen and oxygen atoms in total. The number of aromatic nitrogens is 2. The van der Waals surface area contributed by atoms with Crippen LogP contribution in [0.2, 0.25) is 0 Å². The molecule has 0 unspecified atom stereocenters. The summed E-state index contributed by atoms with van der Waals surface area (Å²) in [5, 5.41) is 4.35. The lowest BCUT2D eigenvalue weighted by atomic mass is 10.3. The van der Waals surface area contributed by atoms with Gasteiger partial charge in [-0.25, -0.2) is 5.90 Å². The number of aryl methyl sites for hydroxylation is 2. The van der Waals surface area contributed by atoms with Crippen molar-refractivity contribution in [2.45, 2.75) is 33.4 Å². The van der Waals surface area contributed by atoms with Gasteiger partial charge in [-0.3, -0.25) is 9.52 Å². The molecule has 1 aromatic rings. The highest BCUT2D eigenvalue weighted by Gasteiger charge is 2.04. The highest BCUT2D eigenvalue weighted by atomic mass is 16.6. The first kappa shape index (κ1) is 9.22. The fourth-order valence-electron chi connectivity index (χ4n) is 1.16. The van der Waals surface area contributed by atoms with E-state index < -0.39 is 0 Å². The maximum atomic E-state index is 4.99. The van der Waals surface area contributed by atoms with Crippen LogP contribution in [-0.4, -0.2) is 9.78 Å². The van der Waals surface area contributed by atoms with Crippen molar-refractivity contribution < 1.29 is 4.84 Å². The average Bonchev–Trinajstić information content (AvgIpc) is 2.48. The van der Waals surface area contributed by atoms with Crippen LogP contribution in [-0.2, 0) is 24.4 Å². The van der Waals surface area contributed by atoms with E-state index in [0.29, 0.717) is 6.61 Å². The molecular weight excluding hydrogens is 154 g/mol. The first-order chi connectivity index (χ1) is 5.81. The van der Waals surface area contributed by atoms with Crippen LogP contribution in [0.1, 0.15) is 25.2 Å². The maximum Gasteiger partial charge on any atom is 0.110 e. The number of nitrogens with two attached hydrogens (primary N) is 1. The summed E-state index contributed by atoms with van der Waals surface area (Å²) in [5.74, 6) is 4.99. The molecule has 0 bridgehead atoms. The van der Waals surface area contributed by atoms with Gasteiger partial charge in [-0.1, -0.05) is 6.92 Å². The lowest BCUT2D eigenvalue weighted by molar-refractivity contribution is 0.118. The van der Waals surface area contributed by atoms with Crippen LogP contribution in [0.5, 0.6) is 0 Å². The Kier molecular flexibility index (Phi) is 3.25. The predicted octanol–water partition coefficient (Wildman–Crippen LogP) is 0.856. The average molecular weight is 169 g/mol. The minimum absolute atomic E-state index is 0.431. The monoisotopic (exact) mass is 169 g/mol. The third-order valence-corrected chi connectivity index (χ3v) is 1.81. The number of rotatable bonds is 4. The molecule has 0 radical (unpaired) electrons. The van der Waals surface area contributed by atoms with Crippen molar-refractivity contribution in [2.24, 2.45) is 5.90 Å². The lowest BCUT2D eigenvalue weighted by Crippen LogP contribution is -2.06. The van der Waals surface area contributed by atoms with Crippen LogP contribution in [0.15, 0.2) is 6.07 Å². The predicted molar refractivity (Wildman–Crippen MR) is 46.3 cm³/mol. The number of hydrogen-bond acceptors (Lipinski definition) is 3. The summed E-state index contributed by atoms with van der Waals surface area (Å²) in [6.07, 6.45) is 0.949. The van der Waals surface area contributed by atoms with Gasteiger partial charge >= 0.3 is 0 Å². The van der Waals surface area contributed by atoms with Crippen molar-refractivity contribution in [1.82, 2.24) is 9.78 Å². The van der Waals surface area contributed by atoms with Crippen molar-refractivity contribution in [3.8, 4) is 0 Å². The second-order valence-corrected chi connectivity index (χ2v) is 2.61. The molecule has 0 amide bonds. The summed E-state index contributed by atoms with van der Waals surface area (Å²) in [4.78, 5) is 4.57. The van der Waals surface area contributed by atoms with Gasteiger partial charge in [0.25, 0.3) is 0 Å². The molecule has 0 aromatic carbocycles. The Morgan fingerprint density at radius 3 is 2.83 bits per heavy atom. The van der Waals surface area contributed by atoms with Gasteiger partial charge in [-0.15, -0.1) is 0 Å². The highest BCUT2D eigenvalue weighted by molar-refractivity contribution is 5.09. The Morgan fingerprint density at radius 1 is 1.58 bits per heavy atom. The van der Waals surface area contributed by atoms with Gasteiger partial charge in [0, 0.05) is 6.54 Å². The summed E-state index contributed by atoms with van der Waals surface area (Å²) in [6.45, 7) is 5.42. The Hall–Kier alpha value is -0.870. The van der Waals surface area contributed by atoms with E-state index in [1.807, 2.05) is 17.7 Å². The molecule has 0 fully saturated rings. The quantitative estimate of drug-likeness (QED) is 0.680. The minimum atomic E-state index is 0.431. The van der Waals surface area contributed by atoms with Crippen LogP contribution < -0.4 is 5.90 Å². The summed E-state index contributed by atoms with van der Waals surface area (Å²) < 4.78 is 1.91. The van der Waals surface area contributed by atoms with Gasteiger partial charge in [0.2, 0.25) is 0 Å². The third-order valence-electron chi connectivity index (χ3n) is 1.81. The molecule has 12 heavy (non-hydrogen) atoms. The first-order valence-corrected chi connectivity index (χ1v) is 4.19. The van der Waals surface area contributed by atoms with Crippen LogP contribution in [0.25, 0.3) is 0 Å². The molecule has 0 saturated carbocycles. The zero-order chi connectivity index (χ0) is 8.97. The van der Waals surface area contributed by atoms with Crippen LogP contribution in [0.4, 0.5) is 0 Å². The summed E-state index contributed by atoms with van der Waals surface area (Å²) in [5.41, 5.74) is 2.13. The molecule has 1 aromatic heterocycles. The van der Waals surface area contributed by atoms with Gasteiger partial charge in [0.1, 0.15) is 6.61 Å². The summed E-state index contributed by atoms with van der Waals surface area (Å²) in [6, 6.07) is 2.02. The Balaban J connectivity index is 2.84. The van der Waals surface area contributed by atoms with E-state index in [1.165, 1.54) is 0 Å². The van der Waals surface area contributed by atoms with E-state index in [0.717, 1.165) is 24.4 Å². The topological polar surface area (TPSA) is 53.1 Å². The SMILES string of the molecule is CCc1cc(CON)n(CC)n1. The number of nitrogens with zero attached hydrogens (tertiary/aromatic N) is 2. The fraction of sp³-hybridized carbons (Fsp3) is 0.625. The van der Waals surface area contributed by atoms with E-state index in [2.05, 4.69) is 16.9 Å². The fourth-order valence-corrected chi connectivity index (χ4v) is 1.16. The summed E-state index contributed by atoms with van der Waals surface area (Å²) in [7, 11) is 0. The van der Waals surface area contributed by atoms with Crippen molar-refractivity contribution >= 4 is 0 Å². The molecule has 0 saturated heterocycles. The lowest BCUT2D eigenvalue weighted by Gasteiger charge is -2.00. The van der Waals surface area contributed by atoms with E-state index >= 15 is 0 Å². The van der Waals surface area contributed by atoms with Gasteiger partial charge in [-0.2, -0.15) is 5.10 Å². The second-order valence-electron chi connectivity index (χ2n) is 2.61. The van der Waals surface area contributed by atoms with Gasteiger partial charge < -0.3 is 0 Å². The molecular formula is C8H15N3O. The second kappa shape index (κ2) is 4.23. The molecule has 0 aliphatic rings. The van der Waals surface area contributed by atoms with Gasteiger partial charge in [0.15, 0.2) is 0 Å². The first-order valence-electron chi connectivity index (χ1n) is 4.19. The normalized spacial score (nSPS) is 10.6. The van der Waals surface area contributed by atoms with Crippen molar-refractivity contribution in [1.29, 1.82) is 0 Å². The Labute approximate surface area is 72.3 Å². The molecule has 0 spiro atoms. The van der Waals surface area contributed by atoms with Crippen LogP contribution in [0, 0.1) is 0 Å². The molecule has 0 atom stereocenters. The smallest absolute Gasteiger partial charge is 0.110 e. The zero-order valence-corrected chi connectivity index (χ0v) is 7.58. The van der Waals surface area contributed by atoms with Gasteiger partial charge in [-0.05, 0) is 19.4 Å². The molecule has 0 aliphatic carbocycles. The van der Waals surface area contributed by atoms with E-state index in [-0.39, 0.29) is 0 Å². The van der Waals surface area contributed by atoms with Crippen LogP contribution >= 0.6 is 0 Å². The standard InChI is InChI=1S/C8H15N3O/c1-3-7-5-8(6-12-9)11(4-2)10-7/h5H,3-4,6,9H2,1-2H3. The largest absolute Gasteiger partial charge is 0.298 e. The zero-order valence-electron chi connectivity index (χ0n) is 7.58. The molecule has 68 valence electrons. The third kappa shape index (κ3) is 1.84. The van der Waals surface area contributed by atoms with Gasteiger partial charge in [0.05, 0.1) is 11.4 Å².